The van der Waals surface area contributed by atoms with Gasteiger partial charge >= 0.3 is 0 Å². The van der Waals surface area contributed by atoms with Crippen LogP contribution in [0.3, 0.4) is 0 Å². The van der Waals surface area contributed by atoms with Gasteiger partial charge in [-0.2, -0.15) is 0 Å². The van der Waals surface area contributed by atoms with Crippen molar-refractivity contribution in [3.05, 3.63) is 11.8 Å². The largest absolute Gasteiger partial charge is 0.360 e. The minimum atomic E-state index is -0.218. The third kappa shape index (κ3) is 6.11. The molecule has 11 heteroatoms. The molecule has 2 N–H and O–H groups in total. The summed E-state index contributed by atoms with van der Waals surface area (Å²) in [6, 6.07) is 1.74. The molecule has 1 unspecified atom stereocenters. The molecule has 2 saturated heterocycles. The van der Waals surface area contributed by atoms with Crippen LogP contribution >= 0.6 is 24.2 Å². The highest BCUT2D eigenvalue weighted by molar-refractivity contribution is 8.00. The number of halogens is 1. The van der Waals surface area contributed by atoms with Crippen molar-refractivity contribution in [3.63, 3.8) is 0 Å². The molecule has 3 rings (SSSR count). The van der Waals surface area contributed by atoms with E-state index < -0.39 is 0 Å². The molecule has 1 aromatic heterocycles. The van der Waals surface area contributed by atoms with Gasteiger partial charge in [-0.15, -0.1) is 24.2 Å². The van der Waals surface area contributed by atoms with Crippen LogP contribution in [0, 0.1) is 6.92 Å². The number of carbonyl (C=O) groups is 3. The summed E-state index contributed by atoms with van der Waals surface area (Å²) in [7, 11) is 0. The van der Waals surface area contributed by atoms with Gasteiger partial charge in [0, 0.05) is 38.3 Å². The fourth-order valence-electron chi connectivity index (χ4n) is 3.37. The number of aromatic nitrogens is 1. The number of anilines is 1. The lowest BCUT2D eigenvalue weighted by atomic mass is 10.0. The first kappa shape index (κ1) is 22.5. The third-order valence-corrected chi connectivity index (χ3v) is 5.59. The molecule has 0 saturated carbocycles. The molecule has 1 atom stereocenters. The SMILES string of the molecule is Cc1cc(NC(=O)CSCC(=O)N2CCCC(N3CCNCC3=O)C2)no1.Cl. The average molecular weight is 432 g/mol. The van der Waals surface area contributed by atoms with Crippen LogP contribution in [-0.4, -0.2) is 82.9 Å². The van der Waals surface area contributed by atoms with Gasteiger partial charge in [0.05, 0.1) is 18.1 Å². The molecule has 28 heavy (non-hydrogen) atoms. The number of rotatable bonds is 6. The zero-order valence-electron chi connectivity index (χ0n) is 15.8. The molecular formula is C17H26ClN5O4S. The smallest absolute Gasteiger partial charge is 0.236 e. The lowest BCUT2D eigenvalue weighted by Crippen LogP contribution is -2.57. The van der Waals surface area contributed by atoms with E-state index in [2.05, 4.69) is 15.8 Å². The van der Waals surface area contributed by atoms with Gasteiger partial charge in [-0.25, -0.2) is 0 Å². The summed E-state index contributed by atoms with van der Waals surface area (Å²) in [4.78, 5) is 40.1. The second-order valence-electron chi connectivity index (χ2n) is 6.76. The van der Waals surface area contributed by atoms with Crippen molar-refractivity contribution >= 4 is 47.7 Å². The van der Waals surface area contributed by atoms with Crippen LogP contribution in [-0.2, 0) is 14.4 Å². The van der Waals surface area contributed by atoms with Crippen molar-refractivity contribution in [2.75, 3.05) is 49.5 Å². The summed E-state index contributed by atoms with van der Waals surface area (Å²) in [5.74, 6) is 1.31. The lowest BCUT2D eigenvalue weighted by molar-refractivity contribution is -0.139. The minimum Gasteiger partial charge on any atom is -0.360 e. The van der Waals surface area contributed by atoms with E-state index in [1.807, 2.05) is 9.80 Å². The molecule has 0 aliphatic carbocycles. The Hall–Kier alpha value is -1.78. The first-order valence-corrected chi connectivity index (χ1v) is 10.3. The Morgan fingerprint density at radius 2 is 2.21 bits per heavy atom. The monoisotopic (exact) mass is 431 g/mol. The Balaban J connectivity index is 0.00000280. The predicted molar refractivity (Wildman–Crippen MR) is 109 cm³/mol. The van der Waals surface area contributed by atoms with Gasteiger partial charge in [-0.1, -0.05) is 5.16 Å². The number of likely N-dealkylation sites (tertiary alicyclic amines) is 1. The van der Waals surface area contributed by atoms with Gasteiger partial charge in [0.1, 0.15) is 5.76 Å². The van der Waals surface area contributed by atoms with Gasteiger partial charge in [0.25, 0.3) is 0 Å². The molecule has 9 nitrogen and oxygen atoms in total. The van der Waals surface area contributed by atoms with Gasteiger partial charge < -0.3 is 25.0 Å². The zero-order valence-corrected chi connectivity index (χ0v) is 17.4. The number of nitrogens with one attached hydrogen (secondary N) is 2. The Labute approximate surface area is 174 Å². The molecule has 0 spiro atoms. The molecule has 1 aromatic rings. The van der Waals surface area contributed by atoms with E-state index in [0.717, 1.165) is 19.4 Å². The highest BCUT2D eigenvalue weighted by Gasteiger charge is 2.31. The summed E-state index contributed by atoms with van der Waals surface area (Å²) in [6.07, 6.45) is 1.83. The highest BCUT2D eigenvalue weighted by Crippen LogP contribution is 2.18. The van der Waals surface area contributed by atoms with Crippen LogP contribution in [0.15, 0.2) is 10.6 Å². The van der Waals surface area contributed by atoms with Crippen LogP contribution in [0.5, 0.6) is 0 Å². The molecule has 0 radical (unpaired) electrons. The number of piperidine rings is 1. The number of amides is 3. The van der Waals surface area contributed by atoms with Crippen molar-refractivity contribution in [1.82, 2.24) is 20.3 Å². The molecule has 3 heterocycles. The van der Waals surface area contributed by atoms with Gasteiger partial charge in [0.15, 0.2) is 5.82 Å². The van der Waals surface area contributed by atoms with Crippen molar-refractivity contribution in [2.24, 2.45) is 0 Å². The van der Waals surface area contributed by atoms with E-state index in [0.29, 0.717) is 37.8 Å². The van der Waals surface area contributed by atoms with Crippen LogP contribution < -0.4 is 10.6 Å². The van der Waals surface area contributed by atoms with E-state index in [1.165, 1.54) is 11.8 Å². The molecular weight excluding hydrogens is 406 g/mol. The van der Waals surface area contributed by atoms with Crippen molar-refractivity contribution in [3.8, 4) is 0 Å². The van der Waals surface area contributed by atoms with E-state index in [9.17, 15) is 14.4 Å². The van der Waals surface area contributed by atoms with E-state index in [1.54, 1.807) is 13.0 Å². The van der Waals surface area contributed by atoms with Crippen LogP contribution in [0.1, 0.15) is 18.6 Å². The normalized spacial score (nSPS) is 19.9. The first-order chi connectivity index (χ1) is 13.0. The molecule has 0 aromatic carbocycles. The third-order valence-electron chi connectivity index (χ3n) is 4.67. The fourth-order valence-corrected chi connectivity index (χ4v) is 4.09. The molecule has 2 fully saturated rings. The Morgan fingerprint density at radius 3 is 2.93 bits per heavy atom. The van der Waals surface area contributed by atoms with Crippen molar-refractivity contribution in [2.45, 2.75) is 25.8 Å². The lowest BCUT2D eigenvalue weighted by Gasteiger charge is -2.41. The molecule has 2 aliphatic heterocycles. The number of carbonyl (C=O) groups excluding carboxylic acids is 3. The standard InChI is InChI=1S/C17H25N5O4S.ClH/c1-12-7-14(20-26-12)19-15(23)10-27-11-17(25)21-5-2-3-13(9-21)22-6-4-18-8-16(22)24;/h7,13,18H,2-6,8-11H2,1H3,(H,19,20,23);1H. The van der Waals surface area contributed by atoms with Crippen LogP contribution in [0.2, 0.25) is 0 Å². The van der Waals surface area contributed by atoms with Crippen molar-refractivity contribution in [1.29, 1.82) is 0 Å². The second-order valence-corrected chi connectivity index (χ2v) is 7.75. The fraction of sp³-hybridized carbons (Fsp3) is 0.647. The first-order valence-electron chi connectivity index (χ1n) is 9.12. The predicted octanol–water partition coefficient (Wildman–Crippen LogP) is 0.499. The number of thioether (sulfide) groups is 1. The zero-order chi connectivity index (χ0) is 19.2. The maximum Gasteiger partial charge on any atom is 0.236 e. The summed E-state index contributed by atoms with van der Waals surface area (Å²) in [6.45, 7) is 4.90. The van der Waals surface area contributed by atoms with Crippen LogP contribution in [0.25, 0.3) is 0 Å². The Bertz CT molecular complexity index is 701. The summed E-state index contributed by atoms with van der Waals surface area (Å²) in [5.41, 5.74) is 0. The van der Waals surface area contributed by atoms with Gasteiger partial charge in [-0.3, -0.25) is 14.4 Å². The van der Waals surface area contributed by atoms with Gasteiger partial charge in [0.2, 0.25) is 17.7 Å². The summed E-state index contributed by atoms with van der Waals surface area (Å²) >= 11 is 1.27. The molecule has 3 amide bonds. The number of hydrogen-bond acceptors (Lipinski definition) is 7. The maximum atomic E-state index is 12.5. The topological polar surface area (TPSA) is 108 Å². The number of hydrogen-bond donors (Lipinski definition) is 2. The number of aryl methyl sites for hydroxylation is 1. The highest BCUT2D eigenvalue weighted by atomic mass is 35.5. The van der Waals surface area contributed by atoms with Crippen LogP contribution in [0.4, 0.5) is 5.82 Å². The second kappa shape index (κ2) is 10.7. The van der Waals surface area contributed by atoms with E-state index >= 15 is 0 Å². The molecule has 2 aliphatic rings. The molecule has 156 valence electrons. The maximum absolute atomic E-state index is 12.5. The number of nitrogens with zero attached hydrogens (tertiary/aromatic N) is 3. The van der Waals surface area contributed by atoms with E-state index in [-0.39, 0.29) is 47.7 Å². The van der Waals surface area contributed by atoms with E-state index in [4.69, 9.17) is 4.52 Å². The summed E-state index contributed by atoms with van der Waals surface area (Å²) < 4.78 is 4.89. The number of piperazine rings is 1. The molecule has 0 bridgehead atoms. The quantitative estimate of drug-likeness (QED) is 0.675. The Kier molecular flexibility index (Phi) is 8.58. The summed E-state index contributed by atoms with van der Waals surface area (Å²) in [5, 5.41) is 9.41. The average Bonchev–Trinajstić information content (AvgIpc) is 3.06. The Morgan fingerprint density at radius 1 is 1.39 bits per heavy atom. The van der Waals surface area contributed by atoms with Crippen molar-refractivity contribution < 1.29 is 18.9 Å². The van der Waals surface area contributed by atoms with Gasteiger partial charge in [-0.05, 0) is 19.8 Å². The minimum absolute atomic E-state index is 0.